The molecule has 0 aliphatic heterocycles. The Hall–Kier alpha value is -1.84. The maximum Gasteiger partial charge on any atom is 0.277 e. The molecule has 1 aromatic rings. The van der Waals surface area contributed by atoms with E-state index in [1.165, 1.54) is 12.8 Å². The number of benzene rings is 1. The molecule has 0 radical (unpaired) electrons. The van der Waals surface area contributed by atoms with E-state index >= 15 is 0 Å². The second-order valence-electron chi connectivity index (χ2n) is 4.62. The Kier molecular flexibility index (Phi) is 3.97. The molecule has 96 valence electrons. The van der Waals surface area contributed by atoms with Gasteiger partial charge in [0.1, 0.15) is 5.75 Å². The Balaban J connectivity index is 1.78. The van der Waals surface area contributed by atoms with Gasteiger partial charge in [-0.05, 0) is 44.2 Å². The molecule has 0 saturated heterocycles. The number of aryl methyl sites for hydroxylation is 1. The predicted molar refractivity (Wildman–Crippen MR) is 70.6 cm³/mol. The van der Waals surface area contributed by atoms with Crippen LogP contribution in [0, 0.1) is 12.8 Å². The molecule has 1 fully saturated rings. The summed E-state index contributed by atoms with van der Waals surface area (Å²) < 4.78 is 5.43. The Morgan fingerprint density at radius 2 is 2.17 bits per heavy atom. The summed E-state index contributed by atoms with van der Waals surface area (Å²) in [7, 11) is 0. The average molecular weight is 246 g/mol. The van der Waals surface area contributed by atoms with Crippen LogP contribution in [0.2, 0.25) is 0 Å². The SMILES string of the molecule is C/C(=N\NC(=O)COc1ccccc1C)C1CC1. The summed E-state index contributed by atoms with van der Waals surface area (Å²) >= 11 is 0. The summed E-state index contributed by atoms with van der Waals surface area (Å²) in [6.45, 7) is 3.88. The Labute approximate surface area is 107 Å². The average Bonchev–Trinajstić information content (AvgIpc) is 3.19. The van der Waals surface area contributed by atoms with Gasteiger partial charge in [0.15, 0.2) is 6.61 Å². The Morgan fingerprint density at radius 3 is 2.83 bits per heavy atom. The molecular weight excluding hydrogens is 228 g/mol. The van der Waals surface area contributed by atoms with Crippen molar-refractivity contribution in [3.8, 4) is 5.75 Å². The van der Waals surface area contributed by atoms with E-state index < -0.39 is 0 Å². The first-order valence-corrected chi connectivity index (χ1v) is 6.18. The first kappa shape index (κ1) is 12.6. The second kappa shape index (κ2) is 5.67. The van der Waals surface area contributed by atoms with E-state index in [9.17, 15) is 4.79 Å². The van der Waals surface area contributed by atoms with Gasteiger partial charge in [0, 0.05) is 5.71 Å². The molecule has 18 heavy (non-hydrogen) atoms. The van der Waals surface area contributed by atoms with Gasteiger partial charge < -0.3 is 4.74 Å². The van der Waals surface area contributed by atoms with Crippen molar-refractivity contribution in [2.75, 3.05) is 6.61 Å². The zero-order chi connectivity index (χ0) is 13.0. The molecule has 1 N–H and O–H groups in total. The summed E-state index contributed by atoms with van der Waals surface area (Å²) in [6, 6.07) is 7.62. The number of ether oxygens (including phenoxy) is 1. The van der Waals surface area contributed by atoms with Crippen LogP contribution in [0.1, 0.15) is 25.3 Å². The topological polar surface area (TPSA) is 50.7 Å². The third kappa shape index (κ3) is 3.58. The number of nitrogens with one attached hydrogen (secondary N) is 1. The fourth-order valence-electron chi connectivity index (χ4n) is 1.64. The molecule has 1 aromatic carbocycles. The molecule has 0 heterocycles. The molecule has 0 spiro atoms. The summed E-state index contributed by atoms with van der Waals surface area (Å²) in [5, 5.41) is 4.06. The number of hydrazone groups is 1. The third-order valence-corrected chi connectivity index (χ3v) is 2.98. The van der Waals surface area contributed by atoms with Gasteiger partial charge in [-0.15, -0.1) is 0 Å². The maximum atomic E-state index is 11.5. The lowest BCUT2D eigenvalue weighted by Crippen LogP contribution is -2.25. The van der Waals surface area contributed by atoms with E-state index in [0.717, 1.165) is 17.0 Å². The number of carbonyl (C=O) groups is 1. The number of amides is 1. The van der Waals surface area contributed by atoms with Crippen molar-refractivity contribution in [1.29, 1.82) is 0 Å². The molecule has 4 nitrogen and oxygen atoms in total. The number of hydrogen-bond donors (Lipinski definition) is 1. The highest BCUT2D eigenvalue weighted by Crippen LogP contribution is 2.30. The van der Waals surface area contributed by atoms with E-state index in [1.54, 1.807) is 0 Å². The largest absolute Gasteiger partial charge is 0.483 e. The molecular formula is C14H18N2O2. The highest BCUT2D eigenvalue weighted by Gasteiger charge is 2.24. The van der Waals surface area contributed by atoms with E-state index in [1.807, 2.05) is 38.1 Å². The lowest BCUT2D eigenvalue weighted by atomic mass is 10.2. The Morgan fingerprint density at radius 1 is 1.44 bits per heavy atom. The molecule has 0 bridgehead atoms. The minimum absolute atomic E-state index is 0.00764. The minimum atomic E-state index is -0.224. The summed E-state index contributed by atoms with van der Waals surface area (Å²) in [5.74, 6) is 1.08. The smallest absolute Gasteiger partial charge is 0.277 e. The van der Waals surface area contributed by atoms with E-state index in [4.69, 9.17) is 4.74 Å². The molecule has 1 aliphatic carbocycles. The molecule has 1 aliphatic rings. The molecule has 1 amide bonds. The Bertz CT molecular complexity index is 465. The lowest BCUT2D eigenvalue weighted by molar-refractivity contribution is -0.123. The molecule has 0 atom stereocenters. The summed E-state index contributed by atoms with van der Waals surface area (Å²) in [6.07, 6.45) is 2.37. The lowest BCUT2D eigenvalue weighted by Gasteiger charge is -2.07. The molecule has 1 saturated carbocycles. The van der Waals surface area contributed by atoms with Gasteiger partial charge in [-0.2, -0.15) is 5.10 Å². The predicted octanol–water partition coefficient (Wildman–Crippen LogP) is 2.28. The van der Waals surface area contributed by atoms with Gasteiger partial charge >= 0.3 is 0 Å². The van der Waals surface area contributed by atoms with Crippen molar-refractivity contribution in [1.82, 2.24) is 5.43 Å². The first-order valence-electron chi connectivity index (χ1n) is 6.18. The van der Waals surface area contributed by atoms with Crippen molar-refractivity contribution < 1.29 is 9.53 Å². The number of hydrogen-bond acceptors (Lipinski definition) is 3. The molecule has 4 heteroatoms. The number of nitrogens with zero attached hydrogens (tertiary/aromatic N) is 1. The van der Waals surface area contributed by atoms with Crippen LogP contribution < -0.4 is 10.2 Å². The monoisotopic (exact) mass is 246 g/mol. The van der Waals surface area contributed by atoms with E-state index in [2.05, 4.69) is 10.5 Å². The van der Waals surface area contributed by atoms with E-state index in [0.29, 0.717) is 5.92 Å². The van der Waals surface area contributed by atoms with Crippen LogP contribution in [0.15, 0.2) is 29.4 Å². The van der Waals surface area contributed by atoms with Gasteiger partial charge in [0.05, 0.1) is 0 Å². The first-order chi connectivity index (χ1) is 8.66. The normalized spacial score (nSPS) is 15.3. The van der Waals surface area contributed by atoms with Crippen molar-refractivity contribution in [3.63, 3.8) is 0 Å². The van der Waals surface area contributed by atoms with Gasteiger partial charge in [-0.25, -0.2) is 5.43 Å². The minimum Gasteiger partial charge on any atom is -0.483 e. The molecule has 0 aromatic heterocycles. The van der Waals surface area contributed by atoms with Crippen LogP contribution in [0.3, 0.4) is 0 Å². The number of para-hydroxylation sites is 1. The maximum absolute atomic E-state index is 11.5. The van der Waals surface area contributed by atoms with Crippen LogP contribution in [-0.4, -0.2) is 18.2 Å². The molecule has 0 unspecified atom stereocenters. The van der Waals surface area contributed by atoms with Crippen molar-refractivity contribution in [2.45, 2.75) is 26.7 Å². The standard InChI is InChI=1S/C14H18N2O2/c1-10-5-3-4-6-13(10)18-9-14(17)16-15-11(2)12-7-8-12/h3-6,12H,7-9H2,1-2H3,(H,16,17)/b15-11+. The fourth-order valence-corrected chi connectivity index (χ4v) is 1.64. The van der Waals surface area contributed by atoms with Gasteiger partial charge in [0.25, 0.3) is 5.91 Å². The highest BCUT2D eigenvalue weighted by molar-refractivity contribution is 5.88. The van der Waals surface area contributed by atoms with Gasteiger partial charge in [0.2, 0.25) is 0 Å². The zero-order valence-corrected chi connectivity index (χ0v) is 10.8. The summed E-state index contributed by atoms with van der Waals surface area (Å²) in [4.78, 5) is 11.5. The van der Waals surface area contributed by atoms with E-state index in [-0.39, 0.29) is 12.5 Å². The fraction of sp³-hybridized carbons (Fsp3) is 0.429. The quantitative estimate of drug-likeness (QED) is 0.640. The highest BCUT2D eigenvalue weighted by atomic mass is 16.5. The van der Waals surface area contributed by atoms with Crippen LogP contribution in [0.25, 0.3) is 0 Å². The number of rotatable bonds is 5. The zero-order valence-electron chi connectivity index (χ0n) is 10.8. The summed E-state index contributed by atoms with van der Waals surface area (Å²) in [5.41, 5.74) is 4.53. The van der Waals surface area contributed by atoms with Crippen LogP contribution >= 0.6 is 0 Å². The molecule has 2 rings (SSSR count). The van der Waals surface area contributed by atoms with Crippen molar-refractivity contribution in [2.24, 2.45) is 11.0 Å². The van der Waals surface area contributed by atoms with Gasteiger partial charge in [-0.3, -0.25) is 4.79 Å². The van der Waals surface area contributed by atoms with Crippen LogP contribution in [0.5, 0.6) is 5.75 Å². The van der Waals surface area contributed by atoms with Gasteiger partial charge in [-0.1, -0.05) is 18.2 Å². The van der Waals surface area contributed by atoms with Crippen LogP contribution in [0.4, 0.5) is 0 Å². The van der Waals surface area contributed by atoms with Crippen molar-refractivity contribution >= 4 is 11.6 Å². The second-order valence-corrected chi connectivity index (χ2v) is 4.62. The van der Waals surface area contributed by atoms with Crippen molar-refractivity contribution in [3.05, 3.63) is 29.8 Å². The van der Waals surface area contributed by atoms with Crippen LogP contribution in [-0.2, 0) is 4.79 Å². The third-order valence-electron chi connectivity index (χ3n) is 2.98. The number of carbonyl (C=O) groups excluding carboxylic acids is 1.